The number of hydrogen-bond donors (Lipinski definition) is 0. The number of benzene rings is 1. The maximum Gasteiger partial charge on any atom is 0.235 e. The molecule has 108 valence electrons. The number of nitrogens with zero attached hydrogens (tertiary/aromatic N) is 2. The highest BCUT2D eigenvalue weighted by atomic mass is 16.5. The molecular formula is C15H20N2O3. The summed E-state index contributed by atoms with van der Waals surface area (Å²) >= 11 is 0. The summed E-state index contributed by atoms with van der Waals surface area (Å²) in [6.45, 7) is 2.35. The molecule has 0 spiro atoms. The van der Waals surface area contributed by atoms with Crippen LogP contribution < -0.4 is 9.47 Å². The van der Waals surface area contributed by atoms with Crippen LogP contribution in [0.3, 0.4) is 0 Å². The van der Waals surface area contributed by atoms with Crippen molar-refractivity contribution in [3.63, 3.8) is 0 Å². The van der Waals surface area contributed by atoms with Crippen LogP contribution in [0.15, 0.2) is 23.2 Å². The molecule has 0 bridgehead atoms. The topological polar surface area (TPSA) is 51.1 Å². The molecule has 0 aromatic heterocycles. The summed E-state index contributed by atoms with van der Waals surface area (Å²) in [4.78, 5) is 16.1. The van der Waals surface area contributed by atoms with Crippen LogP contribution in [0.1, 0.15) is 18.4 Å². The molecule has 5 heteroatoms. The van der Waals surface area contributed by atoms with Gasteiger partial charge >= 0.3 is 0 Å². The molecule has 2 rings (SSSR count). The molecule has 0 unspecified atom stereocenters. The summed E-state index contributed by atoms with van der Waals surface area (Å²) < 4.78 is 11.5. The molecular weight excluding hydrogens is 256 g/mol. The van der Waals surface area contributed by atoms with Crippen molar-refractivity contribution in [3.8, 4) is 11.5 Å². The van der Waals surface area contributed by atoms with Crippen LogP contribution >= 0.6 is 0 Å². The van der Waals surface area contributed by atoms with Gasteiger partial charge in [-0.2, -0.15) is 0 Å². The highest BCUT2D eigenvalue weighted by molar-refractivity contribution is 5.47. The average molecular weight is 276 g/mol. The Morgan fingerprint density at radius 1 is 1.40 bits per heavy atom. The molecule has 0 amide bonds. The normalized spacial score (nSPS) is 16.5. The van der Waals surface area contributed by atoms with Gasteiger partial charge in [-0.1, -0.05) is 12.1 Å². The third-order valence-corrected chi connectivity index (χ3v) is 3.54. The van der Waals surface area contributed by atoms with Crippen molar-refractivity contribution in [2.75, 3.05) is 27.2 Å². The first-order valence-corrected chi connectivity index (χ1v) is 6.79. The molecule has 1 saturated heterocycles. The smallest absolute Gasteiger partial charge is 0.235 e. The van der Waals surface area contributed by atoms with E-state index in [-0.39, 0.29) is 12.6 Å². The Hall–Kier alpha value is -1.84. The van der Waals surface area contributed by atoms with E-state index >= 15 is 0 Å². The van der Waals surface area contributed by atoms with Gasteiger partial charge in [0, 0.05) is 18.7 Å². The monoisotopic (exact) mass is 276 g/mol. The zero-order chi connectivity index (χ0) is 14.4. The molecule has 0 atom stereocenters. The summed E-state index contributed by atoms with van der Waals surface area (Å²) in [7, 11) is 3.72. The second-order valence-corrected chi connectivity index (χ2v) is 4.98. The first-order valence-electron chi connectivity index (χ1n) is 6.79. The highest BCUT2D eigenvalue weighted by Gasteiger charge is 2.20. The standard InChI is InChI=1S/C15H20N2O3/c1-17-8-6-13(7-9-17)20-14-5-3-4-12(10-16-11-18)15(14)19-2/h3-5,13H,6-10H2,1-2H3. The van der Waals surface area contributed by atoms with Crippen LogP contribution in [0, 0.1) is 0 Å². The zero-order valence-electron chi connectivity index (χ0n) is 12.0. The van der Waals surface area contributed by atoms with Gasteiger partial charge < -0.3 is 14.4 Å². The fraction of sp³-hybridized carbons (Fsp3) is 0.533. The van der Waals surface area contributed by atoms with Crippen LogP contribution in [0.25, 0.3) is 0 Å². The van der Waals surface area contributed by atoms with Crippen LogP contribution in [0.5, 0.6) is 11.5 Å². The third-order valence-electron chi connectivity index (χ3n) is 3.54. The zero-order valence-corrected chi connectivity index (χ0v) is 12.0. The summed E-state index contributed by atoms with van der Waals surface area (Å²) in [6, 6.07) is 5.66. The van der Waals surface area contributed by atoms with E-state index in [0.717, 1.165) is 37.2 Å². The van der Waals surface area contributed by atoms with Crippen molar-refractivity contribution >= 4 is 6.08 Å². The minimum atomic E-state index is 0.213. The number of carbonyl (C=O) groups excluding carboxylic acids is 1. The fourth-order valence-corrected chi connectivity index (χ4v) is 2.41. The number of aliphatic imine (C=N–C) groups is 1. The molecule has 1 aliphatic heterocycles. The predicted molar refractivity (Wildman–Crippen MR) is 76.0 cm³/mol. The lowest BCUT2D eigenvalue weighted by atomic mass is 10.1. The number of methoxy groups -OCH3 is 1. The number of piperidine rings is 1. The molecule has 0 saturated carbocycles. The first-order chi connectivity index (χ1) is 9.74. The van der Waals surface area contributed by atoms with Crippen molar-refractivity contribution in [2.24, 2.45) is 4.99 Å². The Morgan fingerprint density at radius 3 is 2.80 bits per heavy atom. The number of isocyanates is 1. The van der Waals surface area contributed by atoms with Gasteiger partial charge in [0.1, 0.15) is 6.10 Å². The van der Waals surface area contributed by atoms with E-state index in [2.05, 4.69) is 16.9 Å². The largest absolute Gasteiger partial charge is 0.493 e. The summed E-state index contributed by atoms with van der Waals surface area (Å²) in [6.07, 6.45) is 3.78. The Morgan fingerprint density at radius 2 is 2.15 bits per heavy atom. The van der Waals surface area contributed by atoms with Gasteiger partial charge in [0.05, 0.1) is 13.7 Å². The quantitative estimate of drug-likeness (QED) is 0.610. The minimum absolute atomic E-state index is 0.213. The van der Waals surface area contributed by atoms with Crippen molar-refractivity contribution in [2.45, 2.75) is 25.5 Å². The second-order valence-electron chi connectivity index (χ2n) is 4.98. The molecule has 5 nitrogen and oxygen atoms in total. The van der Waals surface area contributed by atoms with E-state index in [0.29, 0.717) is 5.75 Å². The van der Waals surface area contributed by atoms with E-state index in [4.69, 9.17) is 9.47 Å². The lowest BCUT2D eigenvalue weighted by Gasteiger charge is -2.29. The molecule has 1 aromatic carbocycles. The lowest BCUT2D eigenvalue weighted by molar-refractivity contribution is 0.111. The summed E-state index contributed by atoms with van der Waals surface area (Å²) in [5.41, 5.74) is 0.835. The van der Waals surface area contributed by atoms with Gasteiger partial charge in [-0.15, -0.1) is 0 Å². The third kappa shape index (κ3) is 3.59. The Balaban J connectivity index is 2.12. The van der Waals surface area contributed by atoms with Gasteiger partial charge in [0.15, 0.2) is 11.5 Å². The van der Waals surface area contributed by atoms with E-state index in [1.165, 1.54) is 0 Å². The predicted octanol–water partition coefficient (Wildman–Crippen LogP) is 2.00. The molecule has 0 N–H and O–H groups in total. The van der Waals surface area contributed by atoms with Gasteiger partial charge in [0.25, 0.3) is 0 Å². The van der Waals surface area contributed by atoms with Crippen molar-refractivity contribution in [1.29, 1.82) is 0 Å². The minimum Gasteiger partial charge on any atom is -0.493 e. The number of rotatable bonds is 5. The number of ether oxygens (including phenoxy) is 2. The van der Waals surface area contributed by atoms with E-state index < -0.39 is 0 Å². The fourth-order valence-electron chi connectivity index (χ4n) is 2.41. The molecule has 1 heterocycles. The van der Waals surface area contributed by atoms with Gasteiger partial charge in [0.2, 0.25) is 6.08 Å². The van der Waals surface area contributed by atoms with Crippen LogP contribution in [0.4, 0.5) is 0 Å². The highest BCUT2D eigenvalue weighted by Crippen LogP contribution is 2.33. The van der Waals surface area contributed by atoms with E-state index in [1.807, 2.05) is 18.2 Å². The molecule has 1 fully saturated rings. The summed E-state index contributed by atoms with van der Waals surface area (Å²) in [5, 5.41) is 0. The van der Waals surface area contributed by atoms with Gasteiger partial charge in [-0.3, -0.25) is 0 Å². The van der Waals surface area contributed by atoms with Crippen molar-refractivity contribution < 1.29 is 14.3 Å². The van der Waals surface area contributed by atoms with E-state index in [1.54, 1.807) is 13.2 Å². The molecule has 0 radical (unpaired) electrons. The van der Waals surface area contributed by atoms with Crippen LogP contribution in [0.2, 0.25) is 0 Å². The average Bonchev–Trinajstić information content (AvgIpc) is 2.47. The number of hydrogen-bond acceptors (Lipinski definition) is 5. The van der Waals surface area contributed by atoms with Crippen molar-refractivity contribution in [3.05, 3.63) is 23.8 Å². The molecule has 20 heavy (non-hydrogen) atoms. The SMILES string of the molecule is COc1c(CN=C=O)cccc1OC1CCN(C)CC1. The Bertz CT molecular complexity index is 490. The van der Waals surface area contributed by atoms with Crippen LogP contribution in [-0.2, 0) is 11.3 Å². The maximum absolute atomic E-state index is 10.2. The summed E-state index contributed by atoms with van der Waals surface area (Å²) in [5.74, 6) is 1.38. The lowest BCUT2D eigenvalue weighted by Crippen LogP contribution is -2.35. The second kappa shape index (κ2) is 7.08. The Labute approximate surface area is 119 Å². The molecule has 1 aliphatic rings. The van der Waals surface area contributed by atoms with Gasteiger partial charge in [-0.05, 0) is 26.0 Å². The first kappa shape index (κ1) is 14.6. The van der Waals surface area contributed by atoms with Crippen molar-refractivity contribution in [1.82, 2.24) is 4.90 Å². The van der Waals surface area contributed by atoms with E-state index in [9.17, 15) is 4.79 Å². The molecule has 0 aliphatic carbocycles. The number of likely N-dealkylation sites (tertiary alicyclic amines) is 1. The molecule has 1 aromatic rings. The Kier molecular flexibility index (Phi) is 5.16. The van der Waals surface area contributed by atoms with Gasteiger partial charge in [-0.25, -0.2) is 9.79 Å². The van der Waals surface area contributed by atoms with Crippen LogP contribution in [-0.4, -0.2) is 44.3 Å². The number of para-hydroxylation sites is 1. The maximum atomic E-state index is 10.2.